The summed E-state index contributed by atoms with van der Waals surface area (Å²) in [5.74, 6) is -1.73. The van der Waals surface area contributed by atoms with Gasteiger partial charge in [-0.2, -0.15) is 18.3 Å². The first-order chi connectivity index (χ1) is 13.7. The summed E-state index contributed by atoms with van der Waals surface area (Å²) in [5.41, 5.74) is 3.41. The molecule has 2 heterocycles. The Hall–Kier alpha value is -3.01. The van der Waals surface area contributed by atoms with Crippen LogP contribution in [0, 0.1) is 11.7 Å². The number of nitrogens with zero attached hydrogens (tertiary/aromatic N) is 3. The van der Waals surface area contributed by atoms with Crippen molar-refractivity contribution in [3.05, 3.63) is 47.7 Å². The predicted molar refractivity (Wildman–Crippen MR) is 95.3 cm³/mol. The number of aliphatic hydroxyl groups is 1. The maximum absolute atomic E-state index is 14.7. The lowest BCUT2D eigenvalue weighted by atomic mass is 9.81. The highest BCUT2D eigenvalue weighted by atomic mass is 19.4. The maximum atomic E-state index is 14.7. The van der Waals surface area contributed by atoms with Crippen molar-refractivity contribution in [1.82, 2.24) is 14.8 Å². The number of aromatic nitrogens is 3. The van der Waals surface area contributed by atoms with Gasteiger partial charge in [-0.15, -0.1) is 0 Å². The van der Waals surface area contributed by atoms with Crippen LogP contribution in [-0.2, 0) is 6.18 Å². The van der Waals surface area contributed by atoms with Crippen LogP contribution in [0.25, 0.3) is 22.0 Å². The van der Waals surface area contributed by atoms with Crippen LogP contribution in [-0.4, -0.2) is 32.4 Å². The van der Waals surface area contributed by atoms with E-state index in [4.69, 9.17) is 10.8 Å². The van der Waals surface area contributed by atoms with E-state index < -0.39 is 29.3 Å². The minimum atomic E-state index is -4.76. The van der Waals surface area contributed by atoms with E-state index >= 15 is 0 Å². The van der Waals surface area contributed by atoms with E-state index in [1.54, 1.807) is 10.9 Å². The molecule has 3 aromatic rings. The van der Waals surface area contributed by atoms with E-state index in [0.29, 0.717) is 17.0 Å². The predicted octanol–water partition coefficient (Wildman–Crippen LogP) is 3.30. The lowest BCUT2D eigenvalue weighted by Gasteiger charge is -2.33. The highest BCUT2D eigenvalue weighted by Gasteiger charge is 2.34. The molecule has 0 unspecified atom stereocenters. The molecule has 10 heteroatoms. The number of aliphatic hydroxyl groups excluding tert-OH is 1. The molecule has 2 aromatic heterocycles. The number of carbonyl (C=O) groups excluding carboxylic acids is 1. The van der Waals surface area contributed by atoms with Gasteiger partial charge in [-0.05, 0) is 37.0 Å². The number of pyridine rings is 1. The molecule has 0 atom stereocenters. The van der Waals surface area contributed by atoms with Gasteiger partial charge in [0.2, 0.25) is 0 Å². The zero-order valence-electron chi connectivity index (χ0n) is 14.9. The third-order valence-electron chi connectivity index (χ3n) is 5.16. The van der Waals surface area contributed by atoms with Gasteiger partial charge in [-0.1, -0.05) is 0 Å². The van der Waals surface area contributed by atoms with E-state index in [0.717, 1.165) is 25.0 Å². The third-order valence-corrected chi connectivity index (χ3v) is 5.16. The summed E-state index contributed by atoms with van der Waals surface area (Å²) in [5, 5.41) is 14.0. The average molecular weight is 408 g/mol. The second kappa shape index (κ2) is 6.80. The number of benzene rings is 1. The summed E-state index contributed by atoms with van der Waals surface area (Å²) in [6, 6.07) is 4.33. The van der Waals surface area contributed by atoms with Crippen molar-refractivity contribution in [3.8, 4) is 11.1 Å². The molecule has 1 aromatic carbocycles. The van der Waals surface area contributed by atoms with Crippen molar-refractivity contribution in [3.63, 3.8) is 0 Å². The fourth-order valence-electron chi connectivity index (χ4n) is 3.55. The molecule has 0 radical (unpaired) electrons. The van der Waals surface area contributed by atoms with Crippen molar-refractivity contribution < 1.29 is 27.5 Å². The number of alkyl halides is 3. The van der Waals surface area contributed by atoms with E-state index in [9.17, 15) is 22.4 Å². The molecular weight excluding hydrogens is 392 g/mol. The maximum Gasteiger partial charge on any atom is 0.433 e. The van der Waals surface area contributed by atoms with Crippen molar-refractivity contribution >= 4 is 16.8 Å². The van der Waals surface area contributed by atoms with Gasteiger partial charge in [-0.3, -0.25) is 9.48 Å². The van der Waals surface area contributed by atoms with Crippen LogP contribution >= 0.6 is 0 Å². The van der Waals surface area contributed by atoms with Gasteiger partial charge in [0.1, 0.15) is 17.2 Å². The van der Waals surface area contributed by atoms with Crippen LogP contribution in [0.5, 0.6) is 0 Å². The molecule has 1 aliphatic rings. The number of hydrogen-bond donors (Lipinski definition) is 2. The summed E-state index contributed by atoms with van der Waals surface area (Å²) in [4.78, 5) is 15.0. The summed E-state index contributed by atoms with van der Waals surface area (Å²) in [7, 11) is 0. The van der Waals surface area contributed by atoms with Crippen molar-refractivity contribution in [2.75, 3.05) is 6.61 Å². The molecule has 1 aliphatic carbocycles. The van der Waals surface area contributed by atoms with Crippen LogP contribution in [0.1, 0.15) is 35.1 Å². The standard InChI is InChI=1S/C19H16F4N4O2/c20-14-6-15-10(7-27(26-15)11-3-9(4-11)8-28)5-13(14)12-1-2-16(19(21,22)23)25-17(12)18(24)29/h1-2,5-7,9,11,28H,3-4,8H2,(H2,24,29). The first kappa shape index (κ1) is 19.3. The minimum Gasteiger partial charge on any atom is -0.396 e. The van der Waals surface area contributed by atoms with E-state index in [-0.39, 0.29) is 29.7 Å². The minimum absolute atomic E-state index is 0.0890. The summed E-state index contributed by atoms with van der Waals surface area (Å²) in [6.07, 6.45) is -1.54. The second-order valence-corrected chi connectivity index (χ2v) is 7.13. The highest BCUT2D eigenvalue weighted by molar-refractivity contribution is 5.99. The lowest BCUT2D eigenvalue weighted by molar-refractivity contribution is -0.141. The molecule has 29 heavy (non-hydrogen) atoms. The second-order valence-electron chi connectivity index (χ2n) is 7.13. The molecule has 152 valence electrons. The Morgan fingerprint density at radius 3 is 2.59 bits per heavy atom. The van der Waals surface area contributed by atoms with Crippen LogP contribution in [0.2, 0.25) is 0 Å². The molecule has 1 fully saturated rings. The Morgan fingerprint density at radius 1 is 1.24 bits per heavy atom. The monoisotopic (exact) mass is 408 g/mol. The van der Waals surface area contributed by atoms with Crippen LogP contribution in [0.4, 0.5) is 17.6 Å². The Morgan fingerprint density at radius 2 is 1.97 bits per heavy atom. The number of carbonyl (C=O) groups is 1. The van der Waals surface area contributed by atoms with E-state index in [1.807, 2.05) is 0 Å². The van der Waals surface area contributed by atoms with Gasteiger partial charge in [0.05, 0.1) is 11.6 Å². The van der Waals surface area contributed by atoms with Crippen molar-refractivity contribution in [2.45, 2.75) is 25.1 Å². The third kappa shape index (κ3) is 3.44. The van der Waals surface area contributed by atoms with Crippen LogP contribution in [0.3, 0.4) is 0 Å². The number of primary amides is 1. The molecule has 3 N–H and O–H groups in total. The molecule has 0 aliphatic heterocycles. The van der Waals surface area contributed by atoms with Gasteiger partial charge in [0.15, 0.2) is 0 Å². The fraction of sp³-hybridized carbons (Fsp3) is 0.316. The molecule has 6 nitrogen and oxygen atoms in total. The lowest BCUT2D eigenvalue weighted by Crippen LogP contribution is -2.29. The highest BCUT2D eigenvalue weighted by Crippen LogP contribution is 2.38. The topological polar surface area (TPSA) is 94.0 Å². The number of halogens is 4. The molecule has 4 rings (SSSR count). The SMILES string of the molecule is NC(=O)c1nc(C(F)(F)F)ccc1-c1cc2cn(C3CC(CO)C3)nc2cc1F. The number of hydrogen-bond acceptors (Lipinski definition) is 4. The first-order valence-electron chi connectivity index (χ1n) is 8.85. The summed E-state index contributed by atoms with van der Waals surface area (Å²) < 4.78 is 55.1. The van der Waals surface area contributed by atoms with Gasteiger partial charge in [-0.25, -0.2) is 9.37 Å². The number of nitrogens with two attached hydrogens (primary N) is 1. The number of fused-ring (bicyclic) bond motifs is 1. The van der Waals surface area contributed by atoms with Crippen LogP contribution < -0.4 is 5.73 Å². The molecule has 0 bridgehead atoms. The normalized spacial score (nSPS) is 19.3. The van der Waals surface area contributed by atoms with E-state index in [2.05, 4.69) is 10.1 Å². The summed E-state index contributed by atoms with van der Waals surface area (Å²) in [6.45, 7) is 0.104. The molecule has 0 saturated heterocycles. The quantitative estimate of drug-likeness (QED) is 0.648. The molecule has 1 amide bonds. The van der Waals surface area contributed by atoms with Gasteiger partial charge in [0, 0.05) is 35.4 Å². The largest absolute Gasteiger partial charge is 0.433 e. The Bertz CT molecular complexity index is 1100. The Balaban J connectivity index is 1.77. The van der Waals surface area contributed by atoms with Crippen molar-refractivity contribution in [2.24, 2.45) is 11.7 Å². The van der Waals surface area contributed by atoms with Crippen molar-refractivity contribution in [1.29, 1.82) is 0 Å². The van der Waals surface area contributed by atoms with Gasteiger partial charge < -0.3 is 10.8 Å². The number of rotatable bonds is 4. The fourth-order valence-corrected chi connectivity index (χ4v) is 3.55. The van der Waals surface area contributed by atoms with Gasteiger partial charge >= 0.3 is 6.18 Å². The summed E-state index contributed by atoms with van der Waals surface area (Å²) >= 11 is 0. The zero-order chi connectivity index (χ0) is 20.9. The Labute approximate surface area is 162 Å². The number of amides is 1. The van der Waals surface area contributed by atoms with Crippen LogP contribution in [0.15, 0.2) is 30.5 Å². The first-order valence-corrected chi connectivity index (χ1v) is 8.85. The Kier molecular flexibility index (Phi) is 4.53. The average Bonchev–Trinajstić information content (AvgIpc) is 3.01. The zero-order valence-corrected chi connectivity index (χ0v) is 14.9. The molecular formula is C19H16F4N4O2. The molecule has 0 spiro atoms. The van der Waals surface area contributed by atoms with Gasteiger partial charge in [0.25, 0.3) is 5.91 Å². The molecule has 1 saturated carbocycles. The smallest absolute Gasteiger partial charge is 0.396 e. The van der Waals surface area contributed by atoms with E-state index in [1.165, 1.54) is 6.07 Å².